The number of carbonyl (C=O) groups is 3. The number of nitrogens with zero attached hydrogens (tertiary/aromatic N) is 2. The summed E-state index contributed by atoms with van der Waals surface area (Å²) in [5.41, 5.74) is 0.923. The Labute approximate surface area is 175 Å². The van der Waals surface area contributed by atoms with E-state index in [1.54, 1.807) is 48.5 Å². The zero-order valence-corrected chi connectivity index (χ0v) is 16.8. The molecule has 0 aliphatic carbocycles. The Hall–Kier alpha value is -3.19. The number of benzene rings is 2. The second-order valence-corrected chi connectivity index (χ2v) is 7.45. The van der Waals surface area contributed by atoms with Crippen molar-refractivity contribution in [3.05, 3.63) is 60.2 Å². The molecule has 2 fully saturated rings. The Morgan fingerprint density at radius 2 is 1.97 bits per heavy atom. The fraction of sp³-hybridized carbons (Fsp3) is 0.348. The first-order valence-corrected chi connectivity index (χ1v) is 10.1. The molecule has 2 saturated heterocycles. The number of para-hydroxylation sites is 1. The first kappa shape index (κ1) is 20.1. The number of carbonyl (C=O) groups excluding carboxylic acids is 3. The summed E-state index contributed by atoms with van der Waals surface area (Å²) >= 11 is 0. The summed E-state index contributed by atoms with van der Waals surface area (Å²) in [6.45, 7) is 0.905. The quantitative estimate of drug-likeness (QED) is 0.687. The molecule has 2 aliphatic rings. The second-order valence-electron chi connectivity index (χ2n) is 7.45. The van der Waals surface area contributed by atoms with Crippen molar-refractivity contribution in [1.29, 1.82) is 0 Å². The largest absolute Gasteiger partial charge is 0.497 e. The van der Waals surface area contributed by atoms with Gasteiger partial charge in [0.1, 0.15) is 11.8 Å². The number of hydrogen-bond donors (Lipinski definition) is 0. The van der Waals surface area contributed by atoms with Crippen molar-refractivity contribution in [2.75, 3.05) is 25.2 Å². The van der Waals surface area contributed by atoms with Crippen LogP contribution in [0.3, 0.4) is 0 Å². The third-order valence-corrected chi connectivity index (χ3v) is 5.52. The van der Waals surface area contributed by atoms with Gasteiger partial charge in [-0.3, -0.25) is 14.4 Å². The van der Waals surface area contributed by atoms with Crippen LogP contribution in [-0.4, -0.2) is 55.0 Å². The van der Waals surface area contributed by atoms with Crippen molar-refractivity contribution in [1.82, 2.24) is 4.90 Å². The fourth-order valence-corrected chi connectivity index (χ4v) is 3.99. The second kappa shape index (κ2) is 8.67. The van der Waals surface area contributed by atoms with Gasteiger partial charge in [0.25, 0.3) is 11.8 Å². The predicted octanol–water partition coefficient (Wildman–Crippen LogP) is 2.65. The first-order valence-electron chi connectivity index (χ1n) is 10.1. The number of amides is 3. The highest BCUT2D eigenvalue weighted by molar-refractivity contribution is 6.23. The highest BCUT2D eigenvalue weighted by Crippen LogP contribution is 2.28. The van der Waals surface area contributed by atoms with Gasteiger partial charge in [0.2, 0.25) is 5.91 Å². The minimum Gasteiger partial charge on any atom is -0.497 e. The van der Waals surface area contributed by atoms with Crippen LogP contribution in [0.1, 0.15) is 29.6 Å². The Bertz CT molecular complexity index is 940. The van der Waals surface area contributed by atoms with E-state index in [0.29, 0.717) is 23.6 Å². The van der Waals surface area contributed by atoms with Crippen LogP contribution in [0.25, 0.3) is 0 Å². The van der Waals surface area contributed by atoms with Gasteiger partial charge in [0.05, 0.1) is 25.3 Å². The van der Waals surface area contributed by atoms with E-state index in [1.807, 2.05) is 6.07 Å². The lowest BCUT2D eigenvalue weighted by Crippen LogP contribution is -2.48. The van der Waals surface area contributed by atoms with E-state index in [1.165, 1.54) is 16.9 Å². The molecule has 2 aliphatic heterocycles. The molecule has 0 spiro atoms. The molecule has 7 heteroatoms. The molecule has 0 saturated carbocycles. The molecular weight excluding hydrogens is 384 g/mol. The molecule has 0 aromatic heterocycles. The highest BCUT2D eigenvalue weighted by atomic mass is 16.5. The van der Waals surface area contributed by atoms with Gasteiger partial charge in [0, 0.05) is 18.7 Å². The van der Waals surface area contributed by atoms with Crippen LogP contribution in [0.5, 0.6) is 5.75 Å². The van der Waals surface area contributed by atoms with Gasteiger partial charge in [-0.1, -0.05) is 24.3 Å². The summed E-state index contributed by atoms with van der Waals surface area (Å²) in [5, 5.41) is 0. The molecule has 2 heterocycles. The Morgan fingerprint density at radius 3 is 2.67 bits per heavy atom. The van der Waals surface area contributed by atoms with E-state index in [9.17, 15) is 14.4 Å². The van der Waals surface area contributed by atoms with Gasteiger partial charge < -0.3 is 14.4 Å². The predicted molar refractivity (Wildman–Crippen MR) is 110 cm³/mol. The van der Waals surface area contributed by atoms with E-state index in [-0.39, 0.29) is 36.8 Å². The third kappa shape index (κ3) is 3.93. The normalized spacial score (nSPS) is 21.2. The number of ether oxygens (including phenoxy) is 2. The van der Waals surface area contributed by atoms with Crippen molar-refractivity contribution in [3.63, 3.8) is 0 Å². The van der Waals surface area contributed by atoms with Crippen molar-refractivity contribution < 1.29 is 23.9 Å². The minimum atomic E-state index is -0.861. The number of rotatable bonds is 6. The summed E-state index contributed by atoms with van der Waals surface area (Å²) in [7, 11) is 1.53. The Balaban J connectivity index is 1.64. The molecule has 30 heavy (non-hydrogen) atoms. The van der Waals surface area contributed by atoms with Crippen LogP contribution >= 0.6 is 0 Å². The van der Waals surface area contributed by atoms with Gasteiger partial charge in [-0.2, -0.15) is 0 Å². The summed E-state index contributed by atoms with van der Waals surface area (Å²) in [6.07, 6.45) is 1.54. The van der Waals surface area contributed by atoms with Crippen molar-refractivity contribution >= 4 is 23.4 Å². The maximum Gasteiger partial charge on any atom is 0.257 e. The molecule has 3 amide bonds. The van der Waals surface area contributed by atoms with Crippen LogP contribution < -0.4 is 9.64 Å². The Morgan fingerprint density at radius 1 is 1.17 bits per heavy atom. The molecule has 2 atom stereocenters. The summed E-state index contributed by atoms with van der Waals surface area (Å²) in [5.74, 6) is -0.462. The van der Waals surface area contributed by atoms with E-state index < -0.39 is 6.04 Å². The molecule has 2 aromatic rings. The lowest BCUT2D eigenvalue weighted by molar-refractivity contribution is -0.122. The van der Waals surface area contributed by atoms with Crippen molar-refractivity contribution in [2.45, 2.75) is 31.4 Å². The maximum absolute atomic E-state index is 13.4. The molecule has 156 valence electrons. The summed E-state index contributed by atoms with van der Waals surface area (Å²) in [4.78, 5) is 42.0. The number of imide groups is 1. The van der Waals surface area contributed by atoms with Gasteiger partial charge in [-0.25, -0.2) is 4.90 Å². The average Bonchev–Trinajstić information content (AvgIpc) is 3.39. The molecule has 7 nitrogen and oxygen atoms in total. The topological polar surface area (TPSA) is 76.2 Å². The van der Waals surface area contributed by atoms with Crippen molar-refractivity contribution in [3.8, 4) is 5.75 Å². The van der Waals surface area contributed by atoms with Crippen LogP contribution in [-0.2, 0) is 14.3 Å². The molecule has 0 N–H and O–H groups in total. The number of hydrogen-bond acceptors (Lipinski definition) is 5. The van der Waals surface area contributed by atoms with Crippen LogP contribution in [0.2, 0.25) is 0 Å². The van der Waals surface area contributed by atoms with Gasteiger partial charge >= 0.3 is 0 Å². The zero-order chi connectivity index (χ0) is 21.1. The fourth-order valence-electron chi connectivity index (χ4n) is 3.99. The van der Waals surface area contributed by atoms with E-state index in [2.05, 4.69) is 0 Å². The first-order chi connectivity index (χ1) is 14.6. The summed E-state index contributed by atoms with van der Waals surface area (Å²) < 4.78 is 11.0. The number of anilines is 1. The van der Waals surface area contributed by atoms with Gasteiger partial charge in [0.15, 0.2) is 0 Å². The van der Waals surface area contributed by atoms with Crippen LogP contribution in [0.4, 0.5) is 5.69 Å². The molecule has 2 unspecified atom stereocenters. The third-order valence-electron chi connectivity index (χ3n) is 5.52. The van der Waals surface area contributed by atoms with Gasteiger partial charge in [-0.05, 0) is 43.2 Å². The monoisotopic (exact) mass is 408 g/mol. The maximum atomic E-state index is 13.4. The standard InChI is InChI=1S/C23H24N2O5/c1-29-18-10-5-7-16(13-18)22(27)24(15-19-11-6-12-30-19)20-14-21(26)25(23(20)28)17-8-3-2-4-9-17/h2-5,7-10,13,19-20H,6,11-12,14-15H2,1H3. The molecule has 0 radical (unpaired) electrons. The molecule has 0 bridgehead atoms. The van der Waals surface area contributed by atoms with E-state index in [4.69, 9.17) is 9.47 Å². The molecule has 4 rings (SSSR count). The average molecular weight is 408 g/mol. The SMILES string of the molecule is COc1cccc(C(=O)N(CC2CCCO2)C2CC(=O)N(c3ccccc3)C2=O)c1. The van der Waals surface area contributed by atoms with E-state index >= 15 is 0 Å². The van der Waals surface area contributed by atoms with Crippen LogP contribution in [0.15, 0.2) is 54.6 Å². The minimum absolute atomic E-state index is 0.0455. The highest BCUT2D eigenvalue weighted by Gasteiger charge is 2.45. The van der Waals surface area contributed by atoms with Crippen LogP contribution in [0, 0.1) is 0 Å². The number of methoxy groups -OCH3 is 1. The van der Waals surface area contributed by atoms with E-state index in [0.717, 1.165) is 12.8 Å². The lowest BCUT2D eigenvalue weighted by atomic mass is 10.1. The molecule has 2 aromatic carbocycles. The molecular formula is C23H24N2O5. The van der Waals surface area contributed by atoms with Gasteiger partial charge in [-0.15, -0.1) is 0 Å². The Kier molecular flexibility index (Phi) is 5.81. The summed E-state index contributed by atoms with van der Waals surface area (Å²) in [6, 6.07) is 14.7. The smallest absolute Gasteiger partial charge is 0.257 e. The zero-order valence-electron chi connectivity index (χ0n) is 16.8. The van der Waals surface area contributed by atoms with Crippen molar-refractivity contribution in [2.24, 2.45) is 0 Å². The lowest BCUT2D eigenvalue weighted by Gasteiger charge is -2.30.